The van der Waals surface area contributed by atoms with E-state index in [-0.39, 0.29) is 0 Å². The Kier molecular flexibility index (Phi) is 9.73. The zero-order valence-corrected chi connectivity index (χ0v) is 13.2. The number of nitrogens with two attached hydrogens (primary N) is 1. The van der Waals surface area contributed by atoms with E-state index in [4.69, 9.17) is 36.9 Å². The SMILES string of the molecule is COCCCOCCOCCOc1ccccc1C(N)=S. The first-order valence-corrected chi connectivity index (χ1v) is 7.32. The van der Waals surface area contributed by atoms with Gasteiger partial charge in [0.1, 0.15) is 17.3 Å². The monoisotopic (exact) mass is 313 g/mol. The lowest BCUT2D eigenvalue weighted by Gasteiger charge is -2.10. The van der Waals surface area contributed by atoms with Crippen molar-refractivity contribution in [3.05, 3.63) is 29.8 Å². The zero-order valence-electron chi connectivity index (χ0n) is 12.4. The van der Waals surface area contributed by atoms with Gasteiger partial charge < -0.3 is 24.7 Å². The van der Waals surface area contributed by atoms with Gasteiger partial charge in [-0.3, -0.25) is 0 Å². The maximum atomic E-state index is 5.63. The molecule has 5 nitrogen and oxygen atoms in total. The first-order chi connectivity index (χ1) is 10.3. The van der Waals surface area contributed by atoms with Crippen LogP contribution >= 0.6 is 12.2 Å². The van der Waals surface area contributed by atoms with Gasteiger partial charge in [-0.05, 0) is 18.6 Å². The molecule has 0 atom stereocenters. The standard InChI is InChI=1S/C15H23NO4S/c1-17-7-4-8-18-9-10-19-11-12-20-14-6-3-2-5-13(14)15(16)21/h2-3,5-6H,4,7-12H2,1H3,(H2,16,21). The van der Waals surface area contributed by atoms with E-state index in [1.165, 1.54) is 0 Å². The Bertz CT molecular complexity index is 414. The summed E-state index contributed by atoms with van der Waals surface area (Å²) in [6.45, 7) is 3.48. The molecule has 0 aliphatic carbocycles. The van der Waals surface area contributed by atoms with Gasteiger partial charge in [-0.2, -0.15) is 0 Å². The lowest BCUT2D eigenvalue weighted by atomic mass is 10.2. The Hall–Kier alpha value is -1.21. The van der Waals surface area contributed by atoms with E-state index >= 15 is 0 Å². The first-order valence-electron chi connectivity index (χ1n) is 6.91. The average Bonchev–Trinajstić information content (AvgIpc) is 2.49. The van der Waals surface area contributed by atoms with E-state index in [1.807, 2.05) is 24.3 Å². The van der Waals surface area contributed by atoms with Crippen molar-refractivity contribution in [3.8, 4) is 5.75 Å². The summed E-state index contributed by atoms with van der Waals surface area (Å²) in [6.07, 6.45) is 0.898. The summed E-state index contributed by atoms with van der Waals surface area (Å²) in [5.41, 5.74) is 6.37. The molecule has 0 aliphatic rings. The Labute approximate surface area is 131 Å². The highest BCUT2D eigenvalue weighted by Gasteiger charge is 2.04. The third kappa shape index (κ3) is 7.96. The summed E-state index contributed by atoms with van der Waals surface area (Å²) in [5.74, 6) is 0.685. The second-order valence-electron chi connectivity index (χ2n) is 4.28. The number of methoxy groups -OCH3 is 1. The molecule has 1 aromatic rings. The van der Waals surface area contributed by atoms with Crippen molar-refractivity contribution in [2.75, 3.05) is 46.8 Å². The summed E-state index contributed by atoms with van der Waals surface area (Å²) in [5, 5.41) is 0. The van der Waals surface area contributed by atoms with Gasteiger partial charge in [0.15, 0.2) is 0 Å². The minimum atomic E-state index is 0.330. The number of para-hydroxylation sites is 1. The van der Waals surface area contributed by atoms with Crippen LogP contribution in [0.4, 0.5) is 0 Å². The molecule has 0 aromatic heterocycles. The number of hydrogen-bond donors (Lipinski definition) is 1. The molecule has 0 heterocycles. The van der Waals surface area contributed by atoms with E-state index < -0.39 is 0 Å². The Morgan fingerprint density at radius 1 is 1.00 bits per heavy atom. The predicted octanol–water partition coefficient (Wildman–Crippen LogP) is 1.77. The third-order valence-corrected chi connectivity index (χ3v) is 2.87. The van der Waals surface area contributed by atoms with E-state index in [1.54, 1.807) is 7.11 Å². The lowest BCUT2D eigenvalue weighted by Crippen LogP contribution is -2.15. The molecule has 118 valence electrons. The van der Waals surface area contributed by atoms with Crippen LogP contribution in [-0.2, 0) is 14.2 Å². The molecule has 1 aromatic carbocycles. The van der Waals surface area contributed by atoms with Crippen LogP contribution in [0.5, 0.6) is 5.75 Å². The van der Waals surface area contributed by atoms with Crippen molar-refractivity contribution in [2.24, 2.45) is 5.73 Å². The third-order valence-electron chi connectivity index (χ3n) is 2.65. The van der Waals surface area contributed by atoms with Gasteiger partial charge in [-0.1, -0.05) is 24.4 Å². The fourth-order valence-corrected chi connectivity index (χ4v) is 1.80. The van der Waals surface area contributed by atoms with Crippen molar-refractivity contribution in [3.63, 3.8) is 0 Å². The minimum absolute atomic E-state index is 0.330. The fourth-order valence-electron chi connectivity index (χ4n) is 1.63. The Morgan fingerprint density at radius 3 is 2.38 bits per heavy atom. The van der Waals surface area contributed by atoms with E-state index in [9.17, 15) is 0 Å². The topological polar surface area (TPSA) is 62.9 Å². The molecule has 0 fully saturated rings. The quantitative estimate of drug-likeness (QED) is 0.469. The number of thiocarbonyl (C=S) groups is 1. The van der Waals surface area contributed by atoms with E-state index in [2.05, 4.69) is 0 Å². The molecule has 0 saturated heterocycles. The molecule has 0 aliphatic heterocycles. The van der Waals surface area contributed by atoms with E-state index in [0.29, 0.717) is 43.8 Å². The summed E-state index contributed by atoms with van der Waals surface area (Å²) < 4.78 is 21.3. The highest BCUT2D eigenvalue weighted by molar-refractivity contribution is 7.80. The van der Waals surface area contributed by atoms with Gasteiger partial charge >= 0.3 is 0 Å². The molecule has 0 saturated carbocycles. The highest BCUT2D eigenvalue weighted by atomic mass is 32.1. The molecule has 2 N–H and O–H groups in total. The van der Waals surface area contributed by atoms with Crippen molar-refractivity contribution < 1.29 is 18.9 Å². The summed E-state index contributed by atoms with van der Waals surface area (Å²) in [6, 6.07) is 7.43. The van der Waals surface area contributed by atoms with Gasteiger partial charge in [0.25, 0.3) is 0 Å². The lowest BCUT2D eigenvalue weighted by molar-refractivity contribution is 0.0304. The maximum Gasteiger partial charge on any atom is 0.129 e. The molecule has 0 radical (unpaired) electrons. The van der Waals surface area contributed by atoms with Gasteiger partial charge in [-0.25, -0.2) is 0 Å². The molecule has 1 rings (SSSR count). The maximum absolute atomic E-state index is 5.63. The molecule has 0 spiro atoms. The second-order valence-corrected chi connectivity index (χ2v) is 4.72. The first kappa shape index (κ1) is 17.8. The summed E-state index contributed by atoms with van der Waals surface area (Å²) >= 11 is 4.97. The van der Waals surface area contributed by atoms with Gasteiger partial charge in [0.2, 0.25) is 0 Å². The fraction of sp³-hybridized carbons (Fsp3) is 0.533. The zero-order chi connectivity index (χ0) is 15.3. The van der Waals surface area contributed by atoms with Crippen molar-refractivity contribution >= 4 is 17.2 Å². The minimum Gasteiger partial charge on any atom is -0.490 e. The highest BCUT2D eigenvalue weighted by Crippen LogP contribution is 2.17. The van der Waals surface area contributed by atoms with Gasteiger partial charge in [0, 0.05) is 20.3 Å². The molecule has 0 bridgehead atoms. The number of hydrogen-bond acceptors (Lipinski definition) is 5. The van der Waals surface area contributed by atoms with Crippen LogP contribution in [0.3, 0.4) is 0 Å². The van der Waals surface area contributed by atoms with Gasteiger partial charge in [-0.15, -0.1) is 0 Å². The molecule has 0 unspecified atom stereocenters. The van der Waals surface area contributed by atoms with Crippen LogP contribution in [0.15, 0.2) is 24.3 Å². The molecular weight excluding hydrogens is 290 g/mol. The van der Waals surface area contributed by atoms with Crippen molar-refractivity contribution in [2.45, 2.75) is 6.42 Å². The Morgan fingerprint density at radius 2 is 1.67 bits per heavy atom. The van der Waals surface area contributed by atoms with Crippen LogP contribution in [0.2, 0.25) is 0 Å². The van der Waals surface area contributed by atoms with Crippen LogP contribution in [0, 0.1) is 0 Å². The van der Waals surface area contributed by atoms with Gasteiger partial charge in [0.05, 0.1) is 25.4 Å². The smallest absolute Gasteiger partial charge is 0.129 e. The second kappa shape index (κ2) is 11.4. The summed E-state index contributed by atoms with van der Waals surface area (Å²) in [7, 11) is 1.68. The Balaban J connectivity index is 2.06. The van der Waals surface area contributed by atoms with Crippen LogP contribution in [0.1, 0.15) is 12.0 Å². The predicted molar refractivity (Wildman–Crippen MR) is 86.0 cm³/mol. The molecule has 0 amide bonds. The largest absolute Gasteiger partial charge is 0.490 e. The summed E-state index contributed by atoms with van der Waals surface area (Å²) in [4.78, 5) is 0.330. The average molecular weight is 313 g/mol. The van der Waals surface area contributed by atoms with Crippen LogP contribution in [-0.4, -0.2) is 51.7 Å². The van der Waals surface area contributed by atoms with Crippen molar-refractivity contribution in [1.29, 1.82) is 0 Å². The van der Waals surface area contributed by atoms with Crippen molar-refractivity contribution in [1.82, 2.24) is 0 Å². The van der Waals surface area contributed by atoms with E-state index in [0.717, 1.165) is 18.6 Å². The van der Waals surface area contributed by atoms with Crippen LogP contribution in [0.25, 0.3) is 0 Å². The molecule has 21 heavy (non-hydrogen) atoms. The number of rotatable bonds is 12. The number of ether oxygens (including phenoxy) is 4. The molecular formula is C15H23NO4S. The number of benzene rings is 1. The van der Waals surface area contributed by atoms with Crippen LogP contribution < -0.4 is 10.5 Å². The molecule has 6 heteroatoms. The normalized spacial score (nSPS) is 10.5.